The van der Waals surface area contributed by atoms with Gasteiger partial charge in [-0.05, 0) is 37.2 Å². The first kappa shape index (κ1) is 16.5. The van der Waals surface area contributed by atoms with Crippen molar-refractivity contribution in [2.75, 3.05) is 43.6 Å². The Morgan fingerprint density at radius 2 is 2.00 bits per heavy atom. The number of hydrogen-bond donors (Lipinski definition) is 1. The van der Waals surface area contributed by atoms with Crippen LogP contribution in [0.15, 0.2) is 18.3 Å². The summed E-state index contributed by atoms with van der Waals surface area (Å²) in [6.07, 6.45) is 8.34. The quantitative estimate of drug-likeness (QED) is 0.857. The average molecular weight is 334 g/mol. The van der Waals surface area contributed by atoms with Crippen molar-refractivity contribution in [2.45, 2.75) is 38.1 Å². The highest BCUT2D eigenvalue weighted by atomic mass is 32.1. The lowest BCUT2D eigenvalue weighted by atomic mass is 9.95. The van der Waals surface area contributed by atoms with E-state index in [4.69, 9.17) is 17.0 Å². The second kappa shape index (κ2) is 7.93. The van der Waals surface area contributed by atoms with E-state index in [0.717, 1.165) is 42.9 Å². The van der Waals surface area contributed by atoms with Crippen molar-refractivity contribution < 1.29 is 4.74 Å². The Morgan fingerprint density at radius 3 is 2.65 bits per heavy atom. The van der Waals surface area contributed by atoms with Crippen molar-refractivity contribution in [1.82, 2.24) is 9.88 Å². The van der Waals surface area contributed by atoms with Gasteiger partial charge in [0, 0.05) is 26.2 Å². The van der Waals surface area contributed by atoms with Crippen LogP contribution in [0.1, 0.15) is 32.1 Å². The van der Waals surface area contributed by atoms with E-state index in [1.165, 1.54) is 32.1 Å². The fourth-order valence-corrected chi connectivity index (χ4v) is 3.55. The molecular weight excluding hydrogens is 308 g/mol. The van der Waals surface area contributed by atoms with Gasteiger partial charge in [-0.2, -0.15) is 0 Å². The molecule has 0 bridgehead atoms. The number of rotatable bonds is 3. The average Bonchev–Trinajstić information content (AvgIpc) is 2.63. The van der Waals surface area contributed by atoms with E-state index in [0.29, 0.717) is 6.04 Å². The first-order valence-corrected chi connectivity index (χ1v) is 8.97. The third-order valence-electron chi connectivity index (χ3n) is 4.78. The summed E-state index contributed by atoms with van der Waals surface area (Å²) < 4.78 is 5.38. The third-order valence-corrected chi connectivity index (χ3v) is 5.17. The molecule has 2 fully saturated rings. The molecule has 0 aromatic carbocycles. The summed E-state index contributed by atoms with van der Waals surface area (Å²) in [5.74, 6) is 1.01. The Kier molecular flexibility index (Phi) is 5.67. The topological polar surface area (TPSA) is 40.6 Å². The zero-order valence-corrected chi connectivity index (χ0v) is 14.6. The molecule has 2 aliphatic rings. The van der Waals surface area contributed by atoms with Gasteiger partial charge in [0.15, 0.2) is 5.11 Å². The maximum absolute atomic E-state index is 5.56. The highest BCUT2D eigenvalue weighted by molar-refractivity contribution is 7.80. The van der Waals surface area contributed by atoms with Gasteiger partial charge >= 0.3 is 0 Å². The highest BCUT2D eigenvalue weighted by Gasteiger charge is 2.20. The molecule has 3 rings (SSSR count). The van der Waals surface area contributed by atoms with Gasteiger partial charge in [-0.15, -0.1) is 0 Å². The molecule has 1 aliphatic carbocycles. The molecule has 1 aliphatic heterocycles. The SMILES string of the molecule is CN(C(=S)Nc1ccc(N2CCOCC2)nc1)C1CCCCC1. The second-order valence-electron chi connectivity index (χ2n) is 6.34. The number of hydrogen-bond acceptors (Lipinski definition) is 4. The number of thiocarbonyl (C=S) groups is 1. The smallest absolute Gasteiger partial charge is 0.173 e. The molecule has 1 aromatic heterocycles. The maximum Gasteiger partial charge on any atom is 0.173 e. The summed E-state index contributed by atoms with van der Waals surface area (Å²) in [7, 11) is 2.10. The summed E-state index contributed by atoms with van der Waals surface area (Å²) >= 11 is 5.56. The summed E-state index contributed by atoms with van der Waals surface area (Å²) in [4.78, 5) is 9.02. The molecule has 0 unspecified atom stereocenters. The molecule has 1 saturated carbocycles. The van der Waals surface area contributed by atoms with Crippen molar-refractivity contribution in [3.63, 3.8) is 0 Å². The Balaban J connectivity index is 1.55. The van der Waals surface area contributed by atoms with Crippen LogP contribution in [0.3, 0.4) is 0 Å². The number of nitrogens with one attached hydrogen (secondary N) is 1. The molecule has 5 nitrogen and oxygen atoms in total. The van der Waals surface area contributed by atoms with Crippen LogP contribution in [0.25, 0.3) is 0 Å². The highest BCUT2D eigenvalue weighted by Crippen LogP contribution is 2.22. The van der Waals surface area contributed by atoms with Gasteiger partial charge in [0.25, 0.3) is 0 Å². The number of aromatic nitrogens is 1. The van der Waals surface area contributed by atoms with Gasteiger partial charge in [-0.3, -0.25) is 0 Å². The fraction of sp³-hybridized carbons (Fsp3) is 0.647. The van der Waals surface area contributed by atoms with Crippen molar-refractivity contribution >= 4 is 28.8 Å². The van der Waals surface area contributed by atoms with Gasteiger partial charge in [-0.1, -0.05) is 19.3 Å². The molecule has 1 N–H and O–H groups in total. The summed E-state index contributed by atoms with van der Waals surface area (Å²) in [5, 5.41) is 4.11. The van der Waals surface area contributed by atoms with E-state index in [2.05, 4.69) is 39.3 Å². The van der Waals surface area contributed by atoms with E-state index < -0.39 is 0 Å². The van der Waals surface area contributed by atoms with Gasteiger partial charge in [-0.25, -0.2) is 4.98 Å². The molecule has 1 saturated heterocycles. The van der Waals surface area contributed by atoms with E-state index in [-0.39, 0.29) is 0 Å². The monoisotopic (exact) mass is 334 g/mol. The zero-order valence-electron chi connectivity index (χ0n) is 13.8. The van der Waals surface area contributed by atoms with Crippen molar-refractivity contribution in [2.24, 2.45) is 0 Å². The van der Waals surface area contributed by atoms with Gasteiger partial charge < -0.3 is 19.9 Å². The molecule has 2 heterocycles. The first-order valence-electron chi connectivity index (χ1n) is 8.56. The molecule has 1 aromatic rings. The Morgan fingerprint density at radius 1 is 1.26 bits per heavy atom. The molecule has 23 heavy (non-hydrogen) atoms. The second-order valence-corrected chi connectivity index (χ2v) is 6.72. The molecule has 0 spiro atoms. The van der Waals surface area contributed by atoms with Crippen LogP contribution in [0.5, 0.6) is 0 Å². The molecule has 0 amide bonds. The molecule has 0 radical (unpaired) electrons. The van der Waals surface area contributed by atoms with E-state index in [9.17, 15) is 0 Å². The van der Waals surface area contributed by atoms with Gasteiger partial charge in [0.05, 0.1) is 25.1 Å². The number of ether oxygens (including phenoxy) is 1. The van der Waals surface area contributed by atoms with Crippen LogP contribution in [-0.4, -0.2) is 54.4 Å². The van der Waals surface area contributed by atoms with Crippen molar-refractivity contribution in [3.8, 4) is 0 Å². The lowest BCUT2D eigenvalue weighted by Gasteiger charge is -2.33. The summed E-state index contributed by atoms with van der Waals surface area (Å²) in [6, 6.07) is 4.68. The van der Waals surface area contributed by atoms with Crippen LogP contribution in [0.2, 0.25) is 0 Å². The standard InChI is InChI=1S/C17H26N4OS/c1-20(15-5-3-2-4-6-15)17(23)19-14-7-8-16(18-13-14)21-9-11-22-12-10-21/h7-8,13,15H,2-6,9-12H2,1H3,(H,19,23). The lowest BCUT2D eigenvalue weighted by molar-refractivity contribution is 0.122. The Labute approximate surface area is 144 Å². The largest absolute Gasteiger partial charge is 0.378 e. The molecule has 6 heteroatoms. The number of pyridine rings is 1. The third kappa shape index (κ3) is 4.32. The van der Waals surface area contributed by atoms with Crippen LogP contribution in [0, 0.1) is 0 Å². The van der Waals surface area contributed by atoms with Gasteiger partial charge in [0.2, 0.25) is 0 Å². The minimum atomic E-state index is 0.573. The van der Waals surface area contributed by atoms with Gasteiger partial charge in [0.1, 0.15) is 5.82 Å². The van der Waals surface area contributed by atoms with Crippen LogP contribution < -0.4 is 10.2 Å². The van der Waals surface area contributed by atoms with Crippen molar-refractivity contribution in [3.05, 3.63) is 18.3 Å². The van der Waals surface area contributed by atoms with Crippen LogP contribution in [-0.2, 0) is 4.74 Å². The number of nitrogens with zero attached hydrogens (tertiary/aromatic N) is 3. The maximum atomic E-state index is 5.56. The normalized spacial score (nSPS) is 19.4. The minimum absolute atomic E-state index is 0.573. The number of anilines is 2. The Bertz CT molecular complexity index is 510. The molecule has 0 atom stereocenters. The zero-order chi connectivity index (χ0) is 16.1. The predicted molar refractivity (Wildman–Crippen MR) is 98.1 cm³/mol. The fourth-order valence-electron chi connectivity index (χ4n) is 3.29. The van der Waals surface area contributed by atoms with Crippen LogP contribution >= 0.6 is 12.2 Å². The Hall–Kier alpha value is -1.40. The predicted octanol–water partition coefficient (Wildman–Crippen LogP) is 2.88. The van der Waals surface area contributed by atoms with E-state index in [1.807, 2.05) is 6.20 Å². The minimum Gasteiger partial charge on any atom is -0.378 e. The van der Waals surface area contributed by atoms with Crippen LogP contribution in [0.4, 0.5) is 11.5 Å². The summed E-state index contributed by atoms with van der Waals surface area (Å²) in [5.41, 5.74) is 0.953. The van der Waals surface area contributed by atoms with E-state index >= 15 is 0 Å². The van der Waals surface area contributed by atoms with E-state index in [1.54, 1.807) is 0 Å². The molecule has 126 valence electrons. The molecular formula is C17H26N4OS. The summed E-state index contributed by atoms with van der Waals surface area (Å²) in [6.45, 7) is 3.36. The van der Waals surface area contributed by atoms with Crippen molar-refractivity contribution in [1.29, 1.82) is 0 Å². The number of morpholine rings is 1. The lowest BCUT2D eigenvalue weighted by Crippen LogP contribution is -2.40. The first-order chi connectivity index (χ1) is 11.2.